The van der Waals surface area contributed by atoms with Crippen LogP contribution in [0.3, 0.4) is 0 Å². The van der Waals surface area contributed by atoms with Gasteiger partial charge < -0.3 is 29.9 Å². The quantitative estimate of drug-likeness (QED) is 0.572. The van der Waals surface area contributed by atoms with Gasteiger partial charge in [0.2, 0.25) is 11.8 Å². The Morgan fingerprint density at radius 1 is 1.05 bits per heavy atom. The number of rotatable bonds is 5. The van der Waals surface area contributed by atoms with E-state index in [1.54, 1.807) is 12.1 Å². The smallest absolute Gasteiger partial charge is 0.236 e. The van der Waals surface area contributed by atoms with Crippen LogP contribution in [0.4, 0.5) is 10.1 Å². The minimum absolute atomic E-state index is 0.0386. The van der Waals surface area contributed by atoms with Crippen molar-refractivity contribution in [2.45, 2.75) is 25.9 Å². The summed E-state index contributed by atoms with van der Waals surface area (Å²) in [7, 11) is 0. The minimum Gasteiger partial charge on any atom is -0.489 e. The Bertz CT molecular complexity index is 1170. The maximum Gasteiger partial charge on any atom is 0.236 e. The first kappa shape index (κ1) is 27.1. The van der Waals surface area contributed by atoms with Crippen LogP contribution in [0.5, 0.6) is 5.75 Å². The molecule has 3 aliphatic rings. The van der Waals surface area contributed by atoms with E-state index in [9.17, 15) is 14.0 Å². The van der Waals surface area contributed by atoms with Crippen molar-refractivity contribution >= 4 is 17.5 Å². The summed E-state index contributed by atoms with van der Waals surface area (Å²) in [5.74, 6) is 0.724. The van der Waals surface area contributed by atoms with Crippen molar-refractivity contribution in [2.75, 3.05) is 57.4 Å². The number of carbonyl (C=O) groups excluding carboxylic acids is 2. The average molecular weight is 537 g/mol. The number of piperidine rings is 1. The number of carbonyl (C=O) groups is 2. The van der Waals surface area contributed by atoms with Gasteiger partial charge in [-0.1, -0.05) is 24.3 Å². The molecule has 3 heterocycles. The van der Waals surface area contributed by atoms with E-state index in [1.165, 1.54) is 12.1 Å². The van der Waals surface area contributed by atoms with Gasteiger partial charge in [0.15, 0.2) is 0 Å². The summed E-state index contributed by atoms with van der Waals surface area (Å²) in [6.07, 6.45) is 5.25. The molecule has 2 aromatic rings. The Hall–Kier alpha value is -3.43. The van der Waals surface area contributed by atoms with Crippen LogP contribution in [0.15, 0.2) is 54.6 Å². The fourth-order valence-electron chi connectivity index (χ4n) is 5.49. The molecule has 2 saturated heterocycles. The molecule has 2 bridgehead atoms. The molecule has 9 heteroatoms. The lowest BCUT2D eigenvalue weighted by atomic mass is 9.82. The topological polar surface area (TPSA) is 83.1 Å². The molecule has 0 radical (unpaired) electrons. The highest BCUT2D eigenvalue weighted by Crippen LogP contribution is 2.29. The highest BCUT2D eigenvalue weighted by atomic mass is 19.1. The lowest BCUT2D eigenvalue weighted by Gasteiger charge is -2.37. The van der Waals surface area contributed by atoms with Gasteiger partial charge in [-0.15, -0.1) is 0 Å². The van der Waals surface area contributed by atoms with Crippen LogP contribution in [0.1, 0.15) is 24.0 Å². The van der Waals surface area contributed by atoms with Crippen molar-refractivity contribution in [3.8, 4) is 5.75 Å². The van der Waals surface area contributed by atoms with Crippen LogP contribution in [0, 0.1) is 17.7 Å². The molecular formula is C30H37FN4O4. The third-order valence-electron chi connectivity index (χ3n) is 7.74. The van der Waals surface area contributed by atoms with Gasteiger partial charge in [-0.25, -0.2) is 4.39 Å². The molecule has 0 spiro atoms. The molecule has 5 rings (SSSR count). The largest absolute Gasteiger partial charge is 0.489 e. The van der Waals surface area contributed by atoms with E-state index in [0.717, 1.165) is 55.3 Å². The Kier molecular flexibility index (Phi) is 9.11. The predicted molar refractivity (Wildman–Crippen MR) is 147 cm³/mol. The minimum atomic E-state index is -0.295. The lowest BCUT2D eigenvalue weighted by Crippen LogP contribution is -2.47. The van der Waals surface area contributed by atoms with Crippen molar-refractivity contribution < 1.29 is 23.5 Å². The summed E-state index contributed by atoms with van der Waals surface area (Å²) >= 11 is 0. The van der Waals surface area contributed by atoms with Crippen molar-refractivity contribution in [3.63, 3.8) is 0 Å². The number of ether oxygens (including phenoxy) is 2. The first-order chi connectivity index (χ1) is 19.0. The summed E-state index contributed by atoms with van der Waals surface area (Å²) < 4.78 is 24.8. The molecule has 0 aliphatic carbocycles. The van der Waals surface area contributed by atoms with Gasteiger partial charge in [0.05, 0.1) is 19.8 Å². The van der Waals surface area contributed by atoms with Crippen LogP contribution in [-0.2, 0) is 27.4 Å². The Labute approximate surface area is 229 Å². The summed E-state index contributed by atoms with van der Waals surface area (Å²) in [6, 6.07) is 12.4. The fraction of sp³-hybridized carbons (Fsp3) is 0.467. The number of morpholine rings is 1. The molecule has 2 amide bonds. The zero-order chi connectivity index (χ0) is 27.0. The second kappa shape index (κ2) is 13.1. The number of amides is 2. The summed E-state index contributed by atoms with van der Waals surface area (Å²) in [5, 5.41) is 6.27. The van der Waals surface area contributed by atoms with Gasteiger partial charge in [0.25, 0.3) is 0 Å². The van der Waals surface area contributed by atoms with E-state index >= 15 is 0 Å². The third-order valence-corrected chi connectivity index (χ3v) is 7.74. The van der Waals surface area contributed by atoms with Gasteiger partial charge in [-0.05, 0) is 54.2 Å². The van der Waals surface area contributed by atoms with Crippen LogP contribution in [-0.4, -0.2) is 69.3 Å². The maximum atomic E-state index is 13.1. The van der Waals surface area contributed by atoms with Gasteiger partial charge in [0.1, 0.15) is 18.2 Å². The van der Waals surface area contributed by atoms with Gasteiger partial charge in [-0.2, -0.15) is 0 Å². The first-order valence-corrected chi connectivity index (χ1v) is 13.8. The number of nitrogens with one attached hydrogen (secondary N) is 2. The predicted octanol–water partition coefficient (Wildman–Crippen LogP) is 2.87. The number of anilines is 1. The highest BCUT2D eigenvalue weighted by Gasteiger charge is 2.31. The monoisotopic (exact) mass is 536 g/mol. The molecule has 2 fully saturated rings. The molecule has 2 aromatic carbocycles. The number of hydrogen-bond acceptors (Lipinski definition) is 6. The van der Waals surface area contributed by atoms with Crippen LogP contribution in [0.25, 0.3) is 0 Å². The molecule has 3 aliphatic heterocycles. The molecular weight excluding hydrogens is 499 g/mol. The number of nitrogens with zero attached hydrogens (tertiary/aromatic N) is 2. The maximum absolute atomic E-state index is 13.1. The summed E-state index contributed by atoms with van der Waals surface area (Å²) in [5.41, 5.74) is 3.01. The number of fused-ring (bicyclic) bond motifs is 3. The summed E-state index contributed by atoms with van der Waals surface area (Å²) in [6.45, 7) is 5.94. The number of halogens is 1. The van der Waals surface area contributed by atoms with E-state index in [4.69, 9.17) is 9.47 Å². The van der Waals surface area contributed by atoms with E-state index in [0.29, 0.717) is 39.2 Å². The summed E-state index contributed by atoms with van der Waals surface area (Å²) in [4.78, 5) is 30.0. The van der Waals surface area contributed by atoms with Gasteiger partial charge in [-0.3, -0.25) is 9.59 Å². The second-order valence-corrected chi connectivity index (χ2v) is 10.4. The highest BCUT2D eigenvalue weighted by molar-refractivity contribution is 5.79. The third kappa shape index (κ3) is 7.36. The SMILES string of the molecule is O=C(C[C@@H]1CCN2C[C@@H]1/C=C/COc1ccc(N3CCOCC3)cc1CNCC2=O)NCc1ccc(F)cc1. The van der Waals surface area contributed by atoms with E-state index in [2.05, 4.69) is 33.7 Å². The van der Waals surface area contributed by atoms with Crippen molar-refractivity contribution in [1.29, 1.82) is 0 Å². The molecule has 208 valence electrons. The molecule has 0 saturated carbocycles. The molecule has 39 heavy (non-hydrogen) atoms. The molecule has 0 aromatic heterocycles. The van der Waals surface area contributed by atoms with Crippen LogP contribution >= 0.6 is 0 Å². The van der Waals surface area contributed by atoms with Crippen molar-refractivity contribution in [3.05, 3.63) is 71.6 Å². The first-order valence-electron chi connectivity index (χ1n) is 13.8. The Balaban J connectivity index is 1.23. The van der Waals surface area contributed by atoms with E-state index in [-0.39, 0.29) is 36.0 Å². The van der Waals surface area contributed by atoms with Gasteiger partial charge >= 0.3 is 0 Å². The Morgan fingerprint density at radius 2 is 1.87 bits per heavy atom. The molecule has 2 atom stereocenters. The molecule has 8 nitrogen and oxygen atoms in total. The zero-order valence-electron chi connectivity index (χ0n) is 22.2. The number of benzene rings is 2. The van der Waals surface area contributed by atoms with Crippen LogP contribution in [0.2, 0.25) is 0 Å². The van der Waals surface area contributed by atoms with Crippen molar-refractivity contribution in [1.82, 2.24) is 15.5 Å². The molecule has 2 N–H and O–H groups in total. The number of hydrogen-bond donors (Lipinski definition) is 2. The Morgan fingerprint density at radius 3 is 2.69 bits per heavy atom. The normalized spacial score (nSPS) is 22.9. The van der Waals surface area contributed by atoms with E-state index < -0.39 is 0 Å². The second-order valence-electron chi connectivity index (χ2n) is 10.4. The fourth-order valence-corrected chi connectivity index (χ4v) is 5.49. The van der Waals surface area contributed by atoms with Crippen molar-refractivity contribution in [2.24, 2.45) is 11.8 Å². The zero-order valence-corrected chi connectivity index (χ0v) is 22.2. The van der Waals surface area contributed by atoms with Crippen LogP contribution < -0.4 is 20.3 Å². The lowest BCUT2D eigenvalue weighted by molar-refractivity contribution is -0.132. The standard InChI is InChI=1S/C30H37FN4O4/c31-26-5-3-22(4-6-26)18-33-29(36)17-23-9-10-35-21-24(23)2-1-13-39-28-8-7-27(34-11-14-38-15-12-34)16-25(28)19-32-20-30(35)37/h1-8,16,23-24,32H,9-15,17-21H2,(H,33,36)/b2-1+/t23-,24-/m0/s1. The van der Waals surface area contributed by atoms with E-state index in [1.807, 2.05) is 17.0 Å². The average Bonchev–Trinajstić information content (AvgIpc) is 2.97. The molecule has 0 unspecified atom stereocenters. The van der Waals surface area contributed by atoms with Gasteiger partial charge in [0, 0.05) is 56.9 Å².